The van der Waals surface area contributed by atoms with Gasteiger partial charge in [-0.05, 0) is 70.6 Å². The van der Waals surface area contributed by atoms with Crippen LogP contribution in [0.3, 0.4) is 0 Å². The number of hydrogen-bond acceptors (Lipinski definition) is 2. The van der Waals surface area contributed by atoms with Crippen molar-refractivity contribution in [3.05, 3.63) is 152 Å². The van der Waals surface area contributed by atoms with E-state index in [0.717, 1.165) is 0 Å². The molecule has 0 amide bonds. The Kier molecular flexibility index (Phi) is 4.83. The summed E-state index contributed by atoms with van der Waals surface area (Å²) in [5.41, 5.74) is 14.2. The molecule has 4 heteroatoms. The molecule has 11 rings (SSSR count). The highest BCUT2D eigenvalue weighted by molar-refractivity contribution is 7.25. The summed E-state index contributed by atoms with van der Waals surface area (Å²) in [6.45, 7) is 0.0348. The van der Waals surface area contributed by atoms with Crippen molar-refractivity contribution >= 4 is 82.5 Å². The Hall–Kier alpha value is -5.58. The van der Waals surface area contributed by atoms with E-state index in [-0.39, 0.29) is 6.85 Å². The van der Waals surface area contributed by atoms with E-state index in [0.29, 0.717) is 0 Å². The Morgan fingerprint density at radius 3 is 1.96 bits per heavy atom. The van der Waals surface area contributed by atoms with Gasteiger partial charge >= 0.3 is 6.85 Å². The predicted octanol–water partition coefficient (Wildman–Crippen LogP) is 10.1. The average Bonchev–Trinajstić information content (AvgIpc) is 3.65. The second-order valence-electron chi connectivity index (χ2n) is 12.4. The third kappa shape index (κ3) is 3.12. The SMILES string of the molecule is c1ccc(-n2c3cc4c(cc3c3c5c(ccc32)-c2ccccc2N2B5c3ccccc3-c3ccccc32)sc2ccccc24)cc1. The second-order valence-corrected chi connectivity index (χ2v) is 13.5. The van der Waals surface area contributed by atoms with E-state index in [4.69, 9.17) is 0 Å². The van der Waals surface area contributed by atoms with Crippen molar-refractivity contribution in [1.29, 1.82) is 0 Å². The molecule has 0 saturated heterocycles. The van der Waals surface area contributed by atoms with Gasteiger partial charge in [0.05, 0.1) is 11.0 Å². The number of aromatic nitrogens is 1. The highest BCUT2D eigenvalue weighted by atomic mass is 32.1. The first-order chi connectivity index (χ1) is 22.8. The van der Waals surface area contributed by atoms with Crippen LogP contribution in [0.15, 0.2) is 152 Å². The Morgan fingerprint density at radius 1 is 0.457 bits per heavy atom. The molecule has 212 valence electrons. The van der Waals surface area contributed by atoms with Crippen molar-refractivity contribution in [2.24, 2.45) is 0 Å². The molecule has 0 fully saturated rings. The lowest BCUT2D eigenvalue weighted by molar-refractivity contribution is 1.18. The van der Waals surface area contributed by atoms with Gasteiger partial charge in [0.2, 0.25) is 0 Å². The average molecular weight is 601 g/mol. The van der Waals surface area contributed by atoms with Crippen LogP contribution in [0.5, 0.6) is 0 Å². The Balaban J connectivity index is 1.36. The lowest BCUT2D eigenvalue weighted by atomic mass is 9.42. The number of fused-ring (bicyclic) bond motifs is 18. The summed E-state index contributed by atoms with van der Waals surface area (Å²) in [6.07, 6.45) is 0. The summed E-state index contributed by atoms with van der Waals surface area (Å²) in [5, 5.41) is 5.31. The molecule has 0 saturated carbocycles. The maximum Gasteiger partial charge on any atom is 0.330 e. The number of para-hydroxylation sites is 3. The number of nitrogens with zero attached hydrogens (tertiary/aromatic N) is 2. The Labute approximate surface area is 270 Å². The molecule has 2 aliphatic rings. The van der Waals surface area contributed by atoms with Crippen molar-refractivity contribution in [2.45, 2.75) is 0 Å². The second kappa shape index (κ2) is 9.00. The van der Waals surface area contributed by atoms with E-state index in [1.165, 1.54) is 92.2 Å². The molecular formula is C42H25BN2S. The Bertz CT molecular complexity index is 2720. The van der Waals surface area contributed by atoms with E-state index >= 15 is 0 Å². The smallest absolute Gasteiger partial charge is 0.330 e. The number of hydrogen-bond donors (Lipinski definition) is 0. The molecule has 4 heterocycles. The van der Waals surface area contributed by atoms with Crippen LogP contribution in [-0.4, -0.2) is 11.4 Å². The summed E-state index contributed by atoms with van der Waals surface area (Å²) >= 11 is 1.90. The lowest BCUT2D eigenvalue weighted by Crippen LogP contribution is -2.59. The fourth-order valence-corrected chi connectivity index (χ4v) is 9.49. The largest absolute Gasteiger partial charge is 0.376 e. The third-order valence-electron chi connectivity index (χ3n) is 10.2. The van der Waals surface area contributed by atoms with Gasteiger partial charge in [0.1, 0.15) is 0 Å². The van der Waals surface area contributed by atoms with Gasteiger partial charge in [-0.3, -0.25) is 0 Å². The van der Waals surface area contributed by atoms with Gasteiger partial charge < -0.3 is 9.38 Å². The molecule has 0 spiro atoms. The van der Waals surface area contributed by atoms with Crippen LogP contribution in [0.2, 0.25) is 0 Å². The maximum atomic E-state index is 2.61. The van der Waals surface area contributed by atoms with E-state index in [2.05, 4.69) is 161 Å². The number of rotatable bonds is 1. The van der Waals surface area contributed by atoms with Crippen LogP contribution < -0.4 is 15.7 Å². The van der Waals surface area contributed by atoms with Gasteiger partial charge in [0.25, 0.3) is 0 Å². The fourth-order valence-electron chi connectivity index (χ4n) is 8.36. The fraction of sp³-hybridized carbons (Fsp3) is 0. The predicted molar refractivity (Wildman–Crippen MR) is 198 cm³/mol. The quantitative estimate of drug-likeness (QED) is 0.170. The number of benzene rings is 7. The third-order valence-corrected chi connectivity index (χ3v) is 11.3. The van der Waals surface area contributed by atoms with Crippen LogP contribution in [0.25, 0.3) is 69.9 Å². The van der Waals surface area contributed by atoms with Crippen molar-refractivity contribution in [3.8, 4) is 27.9 Å². The molecule has 9 aromatic rings. The zero-order valence-corrected chi connectivity index (χ0v) is 25.6. The molecule has 2 nitrogen and oxygen atoms in total. The van der Waals surface area contributed by atoms with Crippen LogP contribution in [0.4, 0.5) is 11.4 Å². The van der Waals surface area contributed by atoms with Crippen molar-refractivity contribution in [2.75, 3.05) is 4.81 Å². The van der Waals surface area contributed by atoms with Crippen LogP contribution in [0.1, 0.15) is 0 Å². The van der Waals surface area contributed by atoms with Crippen molar-refractivity contribution in [1.82, 2.24) is 4.57 Å². The van der Waals surface area contributed by atoms with Crippen LogP contribution in [0, 0.1) is 0 Å². The number of thiophene rings is 1. The first-order valence-corrected chi connectivity index (χ1v) is 16.7. The lowest BCUT2D eigenvalue weighted by Gasteiger charge is -2.43. The molecule has 0 unspecified atom stereocenters. The van der Waals surface area contributed by atoms with Gasteiger partial charge in [-0.1, -0.05) is 103 Å². The molecule has 46 heavy (non-hydrogen) atoms. The van der Waals surface area contributed by atoms with E-state index in [1.807, 2.05) is 11.3 Å². The Morgan fingerprint density at radius 2 is 1.13 bits per heavy atom. The van der Waals surface area contributed by atoms with Gasteiger partial charge in [-0.25, -0.2) is 0 Å². The standard InChI is InChI=1S/C42H25BN2S/c1-2-12-26(13-3-1)44-37-23-22-31-29-16-6-10-20-36(29)45-35-19-9-5-15-28(35)27-14-4-8-18-34(27)43(45)42(31)41(37)33-25-40-32(24-38(33)44)30-17-7-11-21-39(30)46-40/h1-25H. The van der Waals surface area contributed by atoms with E-state index in [9.17, 15) is 0 Å². The monoisotopic (exact) mass is 600 g/mol. The molecule has 7 aromatic carbocycles. The van der Waals surface area contributed by atoms with E-state index in [1.54, 1.807) is 0 Å². The first kappa shape index (κ1) is 24.7. The maximum absolute atomic E-state index is 2.61. The summed E-state index contributed by atoms with van der Waals surface area (Å²) < 4.78 is 5.16. The zero-order valence-electron chi connectivity index (χ0n) is 24.8. The van der Waals surface area contributed by atoms with Gasteiger partial charge in [-0.15, -0.1) is 11.3 Å². The normalized spacial score (nSPS) is 13.1. The topological polar surface area (TPSA) is 8.17 Å². The highest BCUT2D eigenvalue weighted by Crippen LogP contribution is 2.48. The summed E-state index contributed by atoms with van der Waals surface area (Å²) in [4.78, 5) is 2.61. The van der Waals surface area contributed by atoms with Crippen molar-refractivity contribution in [3.63, 3.8) is 0 Å². The summed E-state index contributed by atoms with van der Waals surface area (Å²) in [7, 11) is 0. The van der Waals surface area contributed by atoms with Crippen LogP contribution in [-0.2, 0) is 0 Å². The van der Waals surface area contributed by atoms with Gasteiger partial charge in [-0.2, -0.15) is 0 Å². The summed E-state index contributed by atoms with van der Waals surface area (Å²) in [5.74, 6) is 0. The minimum atomic E-state index is 0.0348. The molecular weight excluding hydrogens is 575 g/mol. The molecule has 0 aliphatic carbocycles. The van der Waals surface area contributed by atoms with E-state index < -0.39 is 0 Å². The minimum absolute atomic E-state index is 0.0348. The van der Waals surface area contributed by atoms with Gasteiger partial charge in [0.15, 0.2) is 0 Å². The van der Waals surface area contributed by atoms with Crippen molar-refractivity contribution < 1.29 is 0 Å². The van der Waals surface area contributed by atoms with Crippen LogP contribution >= 0.6 is 11.3 Å². The first-order valence-electron chi connectivity index (χ1n) is 15.9. The zero-order chi connectivity index (χ0) is 29.9. The minimum Gasteiger partial charge on any atom is -0.376 e. The highest BCUT2D eigenvalue weighted by Gasteiger charge is 2.43. The molecule has 0 atom stereocenters. The molecule has 2 aromatic heterocycles. The molecule has 2 aliphatic heterocycles. The van der Waals surface area contributed by atoms with Gasteiger partial charge in [0, 0.05) is 59.1 Å². The molecule has 0 N–H and O–H groups in total. The summed E-state index contributed by atoms with van der Waals surface area (Å²) in [6, 6.07) is 56.3. The molecule has 0 radical (unpaired) electrons. The number of anilines is 2. The molecule has 0 bridgehead atoms.